The largest absolute Gasteiger partial charge is 0.464 e. The van der Waals surface area contributed by atoms with Gasteiger partial charge in [0.05, 0.1) is 23.9 Å². The molecule has 1 aromatic carbocycles. The van der Waals surface area contributed by atoms with Crippen molar-refractivity contribution in [1.82, 2.24) is 10.2 Å². The van der Waals surface area contributed by atoms with Crippen LogP contribution >= 0.6 is 0 Å². The molecule has 0 aliphatic rings. The third-order valence-electron chi connectivity index (χ3n) is 2.91. The predicted molar refractivity (Wildman–Crippen MR) is 65.4 cm³/mol. The van der Waals surface area contributed by atoms with Gasteiger partial charge in [0.25, 0.3) is 0 Å². The van der Waals surface area contributed by atoms with Crippen LogP contribution in [0.1, 0.15) is 21.6 Å². The minimum absolute atomic E-state index is 0.00181. The second-order valence-corrected chi connectivity index (χ2v) is 4.41. The molecule has 0 radical (unpaired) electrons. The van der Waals surface area contributed by atoms with Crippen molar-refractivity contribution in [1.29, 1.82) is 0 Å². The molecule has 1 aromatic heterocycles. The summed E-state index contributed by atoms with van der Waals surface area (Å²) >= 11 is 0. The normalized spacial score (nSPS) is 12.3. The molecule has 1 N–H and O–H groups in total. The first kappa shape index (κ1) is 16.8. The average Bonchev–Trinajstić information content (AvgIpc) is 2.93. The fraction of sp³-hybridized carbons (Fsp3) is 0.231. The number of hydrogen-bond donors (Lipinski definition) is 1. The predicted octanol–water partition coefficient (Wildman–Crippen LogP) is 3.90. The topological polar surface area (TPSA) is 55.0 Å². The number of nitrogens with zero attached hydrogens (tertiary/aromatic N) is 1. The molecule has 0 saturated carbocycles. The second-order valence-electron chi connectivity index (χ2n) is 4.41. The smallest absolute Gasteiger partial charge is 0.417 e. The van der Waals surface area contributed by atoms with E-state index in [9.17, 15) is 31.1 Å². The van der Waals surface area contributed by atoms with Crippen LogP contribution in [0.15, 0.2) is 24.3 Å². The van der Waals surface area contributed by atoms with E-state index in [1.165, 1.54) is 0 Å². The molecule has 0 atom stereocenters. The van der Waals surface area contributed by atoms with Crippen molar-refractivity contribution in [3.63, 3.8) is 0 Å². The van der Waals surface area contributed by atoms with Crippen molar-refractivity contribution in [2.24, 2.45) is 0 Å². The molecule has 124 valence electrons. The third kappa shape index (κ3) is 3.46. The van der Waals surface area contributed by atoms with Crippen molar-refractivity contribution in [3.05, 3.63) is 41.1 Å². The van der Waals surface area contributed by atoms with E-state index < -0.39 is 35.0 Å². The molecule has 10 heteroatoms. The highest BCUT2D eigenvalue weighted by Gasteiger charge is 2.38. The van der Waals surface area contributed by atoms with E-state index in [4.69, 9.17) is 0 Å². The number of aromatic nitrogens is 2. The first-order chi connectivity index (χ1) is 10.5. The summed E-state index contributed by atoms with van der Waals surface area (Å²) in [6.45, 7) is 0. The van der Waals surface area contributed by atoms with E-state index >= 15 is 0 Å². The Labute approximate surface area is 125 Å². The lowest BCUT2D eigenvalue weighted by atomic mass is 10.0. The molecule has 2 rings (SSSR count). The van der Waals surface area contributed by atoms with Crippen LogP contribution < -0.4 is 0 Å². The van der Waals surface area contributed by atoms with Crippen molar-refractivity contribution in [2.45, 2.75) is 12.4 Å². The SMILES string of the molecule is COC(=O)c1cc(-c2ccc(C(F)(F)F)cc2C(F)(F)F)n[nH]1. The molecule has 0 unspecified atom stereocenters. The molecule has 23 heavy (non-hydrogen) atoms. The zero-order valence-electron chi connectivity index (χ0n) is 11.3. The van der Waals surface area contributed by atoms with Gasteiger partial charge in [-0.1, -0.05) is 6.07 Å². The van der Waals surface area contributed by atoms with Crippen LogP contribution in [-0.2, 0) is 17.1 Å². The van der Waals surface area contributed by atoms with E-state index in [1.54, 1.807) is 0 Å². The molecule has 0 aliphatic heterocycles. The van der Waals surface area contributed by atoms with Crippen molar-refractivity contribution in [2.75, 3.05) is 7.11 Å². The van der Waals surface area contributed by atoms with Crippen LogP contribution in [0.5, 0.6) is 0 Å². The number of carbonyl (C=O) groups is 1. The highest BCUT2D eigenvalue weighted by molar-refractivity contribution is 5.88. The minimum atomic E-state index is -5.03. The van der Waals surface area contributed by atoms with Gasteiger partial charge in [-0.3, -0.25) is 5.10 Å². The number of methoxy groups -OCH3 is 1. The summed E-state index contributed by atoms with van der Waals surface area (Å²) in [6, 6.07) is 2.13. The van der Waals surface area contributed by atoms with Crippen LogP contribution in [0.4, 0.5) is 26.3 Å². The molecule has 4 nitrogen and oxygen atoms in total. The summed E-state index contributed by atoms with van der Waals surface area (Å²) < 4.78 is 81.3. The van der Waals surface area contributed by atoms with Gasteiger partial charge in [0, 0.05) is 5.56 Å². The van der Waals surface area contributed by atoms with E-state index in [2.05, 4.69) is 14.9 Å². The summed E-state index contributed by atoms with van der Waals surface area (Å²) in [5.41, 5.74) is -4.08. The third-order valence-corrected chi connectivity index (χ3v) is 2.91. The minimum Gasteiger partial charge on any atom is -0.464 e. The van der Waals surface area contributed by atoms with Gasteiger partial charge in [0.2, 0.25) is 0 Å². The maximum absolute atomic E-state index is 13.0. The van der Waals surface area contributed by atoms with Gasteiger partial charge in [0.1, 0.15) is 5.69 Å². The van der Waals surface area contributed by atoms with Gasteiger partial charge < -0.3 is 4.74 Å². The summed E-state index contributed by atoms with van der Waals surface area (Å²) in [4.78, 5) is 11.3. The Bertz CT molecular complexity index is 733. The van der Waals surface area contributed by atoms with Gasteiger partial charge in [-0.25, -0.2) is 4.79 Å². The van der Waals surface area contributed by atoms with Crippen LogP contribution in [0.3, 0.4) is 0 Å². The Morgan fingerprint density at radius 2 is 1.74 bits per heavy atom. The van der Waals surface area contributed by atoms with Crippen molar-refractivity contribution in [3.8, 4) is 11.3 Å². The molecule has 0 aliphatic carbocycles. The number of rotatable bonds is 2. The van der Waals surface area contributed by atoms with Gasteiger partial charge in [-0.15, -0.1) is 0 Å². The molecule has 2 aromatic rings. The van der Waals surface area contributed by atoms with Crippen LogP contribution in [0.2, 0.25) is 0 Å². The number of H-pyrrole nitrogens is 1. The maximum atomic E-state index is 13.0. The van der Waals surface area contributed by atoms with Crippen LogP contribution in [0.25, 0.3) is 11.3 Å². The Hall–Kier alpha value is -2.52. The Balaban J connectivity index is 2.58. The van der Waals surface area contributed by atoms with Crippen LogP contribution in [0, 0.1) is 0 Å². The molecule has 1 heterocycles. The number of hydrogen-bond acceptors (Lipinski definition) is 3. The fourth-order valence-corrected chi connectivity index (χ4v) is 1.85. The molecule has 0 amide bonds. The van der Waals surface area contributed by atoms with Gasteiger partial charge >= 0.3 is 18.3 Å². The Kier molecular flexibility index (Phi) is 4.10. The van der Waals surface area contributed by atoms with Crippen molar-refractivity contribution >= 4 is 5.97 Å². The van der Waals surface area contributed by atoms with E-state index in [-0.39, 0.29) is 17.5 Å². The lowest BCUT2D eigenvalue weighted by molar-refractivity contribution is -0.142. The zero-order valence-corrected chi connectivity index (χ0v) is 11.3. The summed E-state index contributed by atoms with van der Waals surface area (Å²) in [5, 5.41) is 5.68. The second kappa shape index (κ2) is 5.60. The van der Waals surface area contributed by atoms with E-state index in [1.807, 2.05) is 0 Å². The number of nitrogens with one attached hydrogen (secondary N) is 1. The summed E-state index contributed by atoms with van der Waals surface area (Å²) in [5.74, 6) is -0.871. The lowest BCUT2D eigenvalue weighted by Crippen LogP contribution is -2.12. The summed E-state index contributed by atoms with van der Waals surface area (Å²) in [7, 11) is 1.06. The van der Waals surface area contributed by atoms with Gasteiger partial charge in [0.15, 0.2) is 0 Å². The Morgan fingerprint density at radius 1 is 1.09 bits per heavy atom. The number of carbonyl (C=O) groups excluding carboxylic acids is 1. The average molecular weight is 338 g/mol. The molecule has 0 spiro atoms. The van der Waals surface area contributed by atoms with Gasteiger partial charge in [-0.05, 0) is 18.2 Å². The molecule has 0 saturated heterocycles. The quantitative estimate of drug-likeness (QED) is 0.667. The van der Waals surface area contributed by atoms with Crippen LogP contribution in [-0.4, -0.2) is 23.3 Å². The van der Waals surface area contributed by atoms with E-state index in [0.717, 1.165) is 13.2 Å². The lowest BCUT2D eigenvalue weighted by Gasteiger charge is -2.14. The highest BCUT2D eigenvalue weighted by atomic mass is 19.4. The highest BCUT2D eigenvalue weighted by Crippen LogP contribution is 2.40. The molecule has 0 fully saturated rings. The number of esters is 1. The van der Waals surface area contributed by atoms with Crippen molar-refractivity contribution < 1.29 is 35.9 Å². The molecule has 0 bridgehead atoms. The summed E-state index contributed by atoms with van der Waals surface area (Å²) in [6.07, 6.45) is -9.94. The fourth-order valence-electron chi connectivity index (χ4n) is 1.85. The van der Waals surface area contributed by atoms with E-state index in [0.29, 0.717) is 12.1 Å². The number of benzene rings is 1. The van der Waals surface area contributed by atoms with Gasteiger partial charge in [-0.2, -0.15) is 31.4 Å². The monoisotopic (exact) mass is 338 g/mol. The number of alkyl halides is 6. The number of ether oxygens (including phenoxy) is 1. The number of aromatic amines is 1. The molecular weight excluding hydrogens is 330 g/mol. The molecular formula is C13H8F6N2O2. The first-order valence-corrected chi connectivity index (χ1v) is 5.96. The zero-order chi connectivity index (χ0) is 17.4. The maximum Gasteiger partial charge on any atom is 0.417 e. The first-order valence-electron chi connectivity index (χ1n) is 5.96. The standard InChI is InChI=1S/C13H8F6N2O2/c1-23-11(22)10-5-9(20-21-10)7-3-2-6(12(14,15)16)4-8(7)13(17,18)19/h2-5H,1H3,(H,20,21). The Morgan fingerprint density at radius 3 is 2.26 bits per heavy atom. The number of halogens is 6.